The van der Waals surface area contributed by atoms with Gasteiger partial charge in [-0.15, -0.1) is 11.8 Å². The summed E-state index contributed by atoms with van der Waals surface area (Å²) in [4.78, 5) is 14.0. The predicted octanol–water partition coefficient (Wildman–Crippen LogP) is 3.33. The van der Waals surface area contributed by atoms with Gasteiger partial charge in [0.2, 0.25) is 5.91 Å². The predicted molar refractivity (Wildman–Crippen MR) is 76.5 cm³/mol. The van der Waals surface area contributed by atoms with Gasteiger partial charge in [-0.25, -0.2) is 0 Å². The Morgan fingerprint density at radius 1 is 1.61 bits per heavy atom. The number of carbonyl (C=O) groups is 1. The minimum Gasteiger partial charge on any atom is -0.468 e. The first-order chi connectivity index (χ1) is 8.54. The molecular weight excluding hydrogens is 246 g/mol. The Morgan fingerprint density at radius 2 is 2.33 bits per heavy atom. The van der Waals surface area contributed by atoms with Crippen molar-refractivity contribution in [2.75, 3.05) is 13.1 Å². The molecule has 1 heterocycles. The maximum absolute atomic E-state index is 12.2. The molecule has 100 valence electrons. The summed E-state index contributed by atoms with van der Waals surface area (Å²) in [5.74, 6) is 1.80. The molecule has 3 nitrogen and oxygen atoms in total. The highest BCUT2D eigenvalue weighted by atomic mass is 32.2. The lowest BCUT2D eigenvalue weighted by atomic mass is 10.3. The summed E-state index contributed by atoms with van der Waals surface area (Å²) in [5.41, 5.74) is 1.01. The van der Waals surface area contributed by atoms with Gasteiger partial charge in [-0.2, -0.15) is 0 Å². The summed E-state index contributed by atoms with van der Waals surface area (Å²) >= 11 is 1.60. The lowest BCUT2D eigenvalue weighted by Crippen LogP contribution is -2.37. The third kappa shape index (κ3) is 4.61. The average molecular weight is 267 g/mol. The molecule has 1 rings (SSSR count). The van der Waals surface area contributed by atoms with Crippen molar-refractivity contribution in [1.29, 1.82) is 0 Å². The Hall–Kier alpha value is -1.16. The van der Waals surface area contributed by atoms with Gasteiger partial charge in [-0.1, -0.05) is 12.2 Å². The standard InChI is InChI=1S/C14H21NO2S/c1-5-15(9-11(2)3)14(16)12(4)18-10-13-7-6-8-17-13/h6-8,12H,2,5,9-10H2,1,3-4H3. The van der Waals surface area contributed by atoms with Crippen molar-refractivity contribution in [2.24, 2.45) is 0 Å². The zero-order valence-electron chi connectivity index (χ0n) is 11.3. The van der Waals surface area contributed by atoms with Crippen molar-refractivity contribution in [3.63, 3.8) is 0 Å². The van der Waals surface area contributed by atoms with E-state index in [2.05, 4.69) is 6.58 Å². The van der Waals surface area contributed by atoms with E-state index in [4.69, 9.17) is 4.42 Å². The third-order valence-electron chi connectivity index (χ3n) is 2.56. The highest BCUT2D eigenvalue weighted by Crippen LogP contribution is 2.19. The van der Waals surface area contributed by atoms with Crippen LogP contribution >= 0.6 is 11.8 Å². The van der Waals surface area contributed by atoms with Gasteiger partial charge < -0.3 is 9.32 Å². The van der Waals surface area contributed by atoms with Gasteiger partial charge in [-0.3, -0.25) is 4.79 Å². The fourth-order valence-electron chi connectivity index (χ4n) is 1.60. The van der Waals surface area contributed by atoms with Crippen LogP contribution in [-0.2, 0) is 10.5 Å². The van der Waals surface area contributed by atoms with E-state index >= 15 is 0 Å². The largest absolute Gasteiger partial charge is 0.468 e. The first-order valence-corrected chi connectivity index (χ1v) is 7.16. The number of rotatable bonds is 7. The molecule has 1 aromatic heterocycles. The van der Waals surface area contributed by atoms with E-state index in [0.29, 0.717) is 6.54 Å². The molecule has 18 heavy (non-hydrogen) atoms. The van der Waals surface area contributed by atoms with Crippen LogP contribution in [0.5, 0.6) is 0 Å². The molecule has 0 aliphatic carbocycles. The average Bonchev–Trinajstić information content (AvgIpc) is 2.84. The molecule has 1 unspecified atom stereocenters. The maximum Gasteiger partial charge on any atom is 0.235 e. The molecule has 0 saturated heterocycles. The van der Waals surface area contributed by atoms with E-state index < -0.39 is 0 Å². The van der Waals surface area contributed by atoms with E-state index in [1.807, 2.05) is 37.8 Å². The Labute approximate surface area is 113 Å². The number of hydrogen-bond donors (Lipinski definition) is 0. The molecule has 0 spiro atoms. The molecule has 1 amide bonds. The van der Waals surface area contributed by atoms with E-state index in [1.54, 1.807) is 18.0 Å². The first kappa shape index (κ1) is 14.9. The summed E-state index contributed by atoms with van der Waals surface area (Å²) in [7, 11) is 0. The van der Waals surface area contributed by atoms with Crippen molar-refractivity contribution < 1.29 is 9.21 Å². The second kappa shape index (κ2) is 7.31. The van der Waals surface area contributed by atoms with Crippen molar-refractivity contribution in [1.82, 2.24) is 4.90 Å². The lowest BCUT2D eigenvalue weighted by molar-refractivity contribution is -0.129. The Morgan fingerprint density at radius 3 is 2.83 bits per heavy atom. The van der Waals surface area contributed by atoms with Crippen molar-refractivity contribution in [3.8, 4) is 0 Å². The Kier molecular flexibility index (Phi) is 6.05. The number of likely N-dealkylation sites (N-methyl/N-ethyl adjacent to an activating group) is 1. The molecule has 1 atom stereocenters. The van der Waals surface area contributed by atoms with Crippen LogP contribution in [0.25, 0.3) is 0 Å². The van der Waals surface area contributed by atoms with Gasteiger partial charge in [0.1, 0.15) is 5.76 Å². The molecule has 0 aliphatic rings. The van der Waals surface area contributed by atoms with Crippen LogP contribution in [0.15, 0.2) is 35.0 Å². The zero-order chi connectivity index (χ0) is 13.5. The van der Waals surface area contributed by atoms with Gasteiger partial charge in [0, 0.05) is 13.1 Å². The molecule has 0 bridgehead atoms. The van der Waals surface area contributed by atoms with Crippen LogP contribution in [0.1, 0.15) is 26.5 Å². The summed E-state index contributed by atoms with van der Waals surface area (Å²) in [6.07, 6.45) is 1.65. The summed E-state index contributed by atoms with van der Waals surface area (Å²) in [5, 5.41) is -0.0607. The SMILES string of the molecule is C=C(C)CN(CC)C(=O)C(C)SCc1ccco1. The fraction of sp³-hybridized carbons (Fsp3) is 0.500. The van der Waals surface area contributed by atoms with Gasteiger partial charge in [0.05, 0.1) is 17.3 Å². The van der Waals surface area contributed by atoms with Crippen LogP contribution in [0.3, 0.4) is 0 Å². The molecule has 0 aromatic carbocycles. The number of carbonyl (C=O) groups excluding carboxylic acids is 1. The van der Waals surface area contributed by atoms with Gasteiger partial charge in [0.15, 0.2) is 0 Å². The quantitative estimate of drug-likeness (QED) is 0.711. The van der Waals surface area contributed by atoms with Crippen LogP contribution in [0.2, 0.25) is 0 Å². The number of nitrogens with zero attached hydrogens (tertiary/aromatic N) is 1. The van der Waals surface area contributed by atoms with Gasteiger partial charge >= 0.3 is 0 Å². The number of amides is 1. The normalized spacial score (nSPS) is 12.2. The number of furan rings is 1. The topological polar surface area (TPSA) is 33.5 Å². The highest BCUT2D eigenvalue weighted by Gasteiger charge is 2.19. The van der Waals surface area contributed by atoms with Crippen molar-refractivity contribution >= 4 is 17.7 Å². The molecule has 0 radical (unpaired) electrons. The zero-order valence-corrected chi connectivity index (χ0v) is 12.1. The second-order valence-electron chi connectivity index (χ2n) is 4.34. The van der Waals surface area contributed by atoms with Gasteiger partial charge in [0.25, 0.3) is 0 Å². The first-order valence-electron chi connectivity index (χ1n) is 6.11. The lowest BCUT2D eigenvalue weighted by Gasteiger charge is -2.24. The molecule has 0 N–H and O–H groups in total. The third-order valence-corrected chi connectivity index (χ3v) is 3.71. The number of hydrogen-bond acceptors (Lipinski definition) is 3. The van der Waals surface area contributed by atoms with E-state index in [0.717, 1.165) is 23.6 Å². The smallest absolute Gasteiger partial charge is 0.235 e. The van der Waals surface area contributed by atoms with E-state index in [-0.39, 0.29) is 11.2 Å². The summed E-state index contributed by atoms with van der Waals surface area (Å²) in [6.45, 7) is 11.1. The van der Waals surface area contributed by atoms with E-state index in [1.165, 1.54) is 0 Å². The summed E-state index contributed by atoms with van der Waals surface area (Å²) in [6, 6.07) is 3.79. The Bertz CT molecular complexity index is 387. The van der Waals surface area contributed by atoms with E-state index in [9.17, 15) is 4.79 Å². The minimum absolute atomic E-state index is 0.0607. The molecule has 4 heteroatoms. The molecule has 0 fully saturated rings. The van der Waals surface area contributed by atoms with Gasteiger partial charge in [-0.05, 0) is 32.9 Å². The maximum atomic E-state index is 12.2. The van der Waals surface area contributed by atoms with Crippen LogP contribution in [-0.4, -0.2) is 29.1 Å². The van der Waals surface area contributed by atoms with Crippen LogP contribution < -0.4 is 0 Å². The Balaban J connectivity index is 2.46. The van der Waals surface area contributed by atoms with Crippen LogP contribution in [0, 0.1) is 0 Å². The molecular formula is C14H21NO2S. The summed E-state index contributed by atoms with van der Waals surface area (Å²) < 4.78 is 5.26. The number of thioether (sulfide) groups is 1. The molecule has 1 aromatic rings. The highest BCUT2D eigenvalue weighted by molar-refractivity contribution is 7.99. The fourth-order valence-corrected chi connectivity index (χ4v) is 2.47. The van der Waals surface area contributed by atoms with Crippen molar-refractivity contribution in [2.45, 2.75) is 31.8 Å². The molecule has 0 saturated carbocycles. The minimum atomic E-state index is -0.0607. The molecule has 0 aliphatic heterocycles. The second-order valence-corrected chi connectivity index (χ2v) is 5.67. The van der Waals surface area contributed by atoms with Crippen molar-refractivity contribution in [3.05, 3.63) is 36.3 Å². The monoisotopic (exact) mass is 267 g/mol. The van der Waals surface area contributed by atoms with Crippen LogP contribution in [0.4, 0.5) is 0 Å².